The fraction of sp³-hybridized carbons (Fsp3) is 0.179. The maximum absolute atomic E-state index is 6.68. The molecule has 3 nitrogen and oxygen atoms in total. The summed E-state index contributed by atoms with van der Waals surface area (Å²) in [6, 6.07) is 24.0. The van der Waals surface area contributed by atoms with Crippen LogP contribution in [-0.2, 0) is 13.5 Å². The van der Waals surface area contributed by atoms with Crippen LogP contribution < -0.4 is 9.47 Å². The third-order valence-corrected chi connectivity index (χ3v) is 6.71. The maximum atomic E-state index is 6.68. The number of hydrogen-bond acceptors (Lipinski definition) is 2. The van der Waals surface area contributed by atoms with Gasteiger partial charge in [0.05, 0.1) is 5.56 Å². The third-order valence-electron chi connectivity index (χ3n) is 6.71. The van der Waals surface area contributed by atoms with Crippen LogP contribution in [0.2, 0.25) is 0 Å². The van der Waals surface area contributed by atoms with E-state index < -0.39 is 0 Å². The minimum Gasteiger partial charge on any atom is -0.454 e. The van der Waals surface area contributed by atoms with E-state index in [0.717, 1.165) is 41.0 Å². The number of benzene rings is 3. The molecule has 1 aliphatic heterocycles. The van der Waals surface area contributed by atoms with Crippen LogP contribution in [0.5, 0.6) is 0 Å². The number of para-hydroxylation sites is 1. The van der Waals surface area contributed by atoms with Gasteiger partial charge in [0.1, 0.15) is 18.2 Å². The van der Waals surface area contributed by atoms with Crippen LogP contribution in [0.3, 0.4) is 0 Å². The number of fused-ring (bicyclic) bond motifs is 4. The predicted octanol–water partition coefficient (Wildman–Crippen LogP) is 6.05. The lowest BCUT2D eigenvalue weighted by atomic mass is 9.98. The molecule has 0 atom stereocenters. The molecule has 0 amide bonds. The highest BCUT2D eigenvalue weighted by Crippen LogP contribution is 2.41. The maximum Gasteiger partial charge on any atom is 0.216 e. The van der Waals surface area contributed by atoms with E-state index in [1.54, 1.807) is 0 Å². The van der Waals surface area contributed by atoms with Gasteiger partial charge < -0.3 is 9.32 Å². The molecule has 3 heterocycles. The molecule has 0 radical (unpaired) electrons. The van der Waals surface area contributed by atoms with Crippen molar-refractivity contribution >= 4 is 27.6 Å². The van der Waals surface area contributed by atoms with E-state index in [-0.39, 0.29) is 0 Å². The lowest BCUT2D eigenvalue weighted by Gasteiger charge is -2.13. The van der Waals surface area contributed by atoms with Crippen LogP contribution in [0, 0.1) is 6.92 Å². The van der Waals surface area contributed by atoms with Crippen molar-refractivity contribution in [2.24, 2.45) is 7.05 Å². The molecule has 0 spiro atoms. The van der Waals surface area contributed by atoms with E-state index >= 15 is 0 Å². The summed E-state index contributed by atoms with van der Waals surface area (Å²) in [6.07, 6.45) is 3.21. The van der Waals surface area contributed by atoms with Crippen molar-refractivity contribution in [2.75, 3.05) is 18.5 Å². The summed E-state index contributed by atoms with van der Waals surface area (Å²) in [5.41, 5.74) is 10.6. The lowest BCUT2D eigenvalue weighted by molar-refractivity contribution is -0.660. The Bertz CT molecular complexity index is 1480. The molecular formula is C28H25N2O+. The van der Waals surface area contributed by atoms with Crippen molar-refractivity contribution in [1.82, 2.24) is 0 Å². The molecule has 2 aromatic heterocycles. The molecule has 0 unspecified atom stereocenters. The summed E-state index contributed by atoms with van der Waals surface area (Å²) >= 11 is 0. The molecule has 1 aliphatic rings. The normalized spacial score (nSPS) is 13.3. The van der Waals surface area contributed by atoms with Crippen LogP contribution >= 0.6 is 0 Å². The van der Waals surface area contributed by atoms with Gasteiger partial charge in [-0.15, -0.1) is 0 Å². The Morgan fingerprint density at radius 3 is 2.65 bits per heavy atom. The zero-order chi connectivity index (χ0) is 21.1. The Hall–Kier alpha value is -3.59. The number of nitrogens with zero attached hydrogens (tertiary/aromatic N) is 2. The van der Waals surface area contributed by atoms with Gasteiger partial charge in [-0.1, -0.05) is 42.5 Å². The quantitative estimate of drug-likeness (QED) is 0.334. The second kappa shape index (κ2) is 6.71. The molecule has 3 aromatic carbocycles. The average molecular weight is 406 g/mol. The van der Waals surface area contributed by atoms with E-state index in [1.807, 2.05) is 0 Å². The highest BCUT2D eigenvalue weighted by molar-refractivity contribution is 6.13. The summed E-state index contributed by atoms with van der Waals surface area (Å²) < 4.78 is 8.84. The van der Waals surface area contributed by atoms with Gasteiger partial charge >= 0.3 is 0 Å². The van der Waals surface area contributed by atoms with Crippen molar-refractivity contribution in [3.63, 3.8) is 0 Å². The molecule has 6 rings (SSSR count). The number of anilines is 1. The van der Waals surface area contributed by atoms with Crippen molar-refractivity contribution in [2.45, 2.75) is 13.3 Å². The molecule has 0 N–H and O–H groups in total. The molecule has 0 saturated heterocycles. The fourth-order valence-corrected chi connectivity index (χ4v) is 5.00. The lowest BCUT2D eigenvalue weighted by Crippen LogP contribution is -2.30. The Labute approximate surface area is 182 Å². The summed E-state index contributed by atoms with van der Waals surface area (Å²) in [7, 11) is 4.26. The van der Waals surface area contributed by atoms with Crippen LogP contribution in [0.25, 0.3) is 44.3 Å². The van der Waals surface area contributed by atoms with Crippen molar-refractivity contribution in [3.8, 4) is 22.4 Å². The van der Waals surface area contributed by atoms with Gasteiger partial charge in [-0.25, -0.2) is 4.57 Å². The number of aryl methyl sites for hydroxylation is 2. The SMILES string of the molecule is Cc1ccc2c(oc3c(-c4ccc5c(c4)N(C)CC5)cccc32)c1-c1cccc[n+]1C. The minimum absolute atomic E-state index is 0.961. The second-order valence-electron chi connectivity index (χ2n) is 8.63. The van der Waals surface area contributed by atoms with Crippen LogP contribution in [0.1, 0.15) is 11.1 Å². The van der Waals surface area contributed by atoms with E-state index in [0.29, 0.717) is 0 Å². The van der Waals surface area contributed by atoms with E-state index in [2.05, 4.69) is 103 Å². The zero-order valence-corrected chi connectivity index (χ0v) is 18.1. The number of pyridine rings is 1. The summed E-state index contributed by atoms with van der Waals surface area (Å²) in [6.45, 7) is 3.25. The Morgan fingerprint density at radius 1 is 0.903 bits per heavy atom. The largest absolute Gasteiger partial charge is 0.454 e. The Balaban J connectivity index is 1.64. The van der Waals surface area contributed by atoms with Crippen LogP contribution in [-0.4, -0.2) is 13.6 Å². The number of aromatic nitrogens is 1. The summed E-state index contributed by atoms with van der Waals surface area (Å²) in [4.78, 5) is 2.34. The molecule has 31 heavy (non-hydrogen) atoms. The van der Waals surface area contributed by atoms with Gasteiger partial charge in [-0.05, 0) is 42.2 Å². The van der Waals surface area contributed by atoms with Gasteiger partial charge in [0.15, 0.2) is 6.20 Å². The first-order valence-electron chi connectivity index (χ1n) is 10.9. The van der Waals surface area contributed by atoms with Crippen molar-refractivity contribution in [1.29, 1.82) is 0 Å². The monoisotopic (exact) mass is 405 g/mol. The third kappa shape index (κ3) is 2.70. The zero-order valence-electron chi connectivity index (χ0n) is 18.1. The highest BCUT2D eigenvalue weighted by Gasteiger charge is 2.22. The fourth-order valence-electron chi connectivity index (χ4n) is 5.00. The first kappa shape index (κ1) is 18.2. The first-order chi connectivity index (χ1) is 15.1. The summed E-state index contributed by atoms with van der Waals surface area (Å²) in [5, 5.41) is 2.33. The van der Waals surface area contributed by atoms with Gasteiger partial charge in [-0.3, -0.25) is 0 Å². The first-order valence-corrected chi connectivity index (χ1v) is 10.9. The standard InChI is InChI=1S/C28H25N2O/c1-18-10-13-23-22-8-6-7-21(20-12-11-19-14-16-30(3)25(19)17-20)27(22)31-28(23)26(18)24-9-4-5-15-29(24)2/h4-13,15,17H,14,16H2,1-3H3/q+1. The van der Waals surface area contributed by atoms with Crippen LogP contribution in [0.15, 0.2) is 77.3 Å². The molecular weight excluding hydrogens is 380 g/mol. The number of hydrogen-bond donors (Lipinski definition) is 0. The van der Waals surface area contributed by atoms with Gasteiger partial charge in [-0.2, -0.15) is 0 Å². The minimum atomic E-state index is 0.961. The van der Waals surface area contributed by atoms with Crippen molar-refractivity contribution in [3.05, 3.63) is 84.1 Å². The van der Waals surface area contributed by atoms with E-state index in [9.17, 15) is 0 Å². The smallest absolute Gasteiger partial charge is 0.216 e. The predicted molar refractivity (Wildman–Crippen MR) is 127 cm³/mol. The van der Waals surface area contributed by atoms with Crippen molar-refractivity contribution < 1.29 is 8.98 Å². The molecule has 3 heteroatoms. The molecule has 0 bridgehead atoms. The average Bonchev–Trinajstić information content (AvgIpc) is 3.34. The molecule has 5 aromatic rings. The Kier molecular flexibility index (Phi) is 3.94. The molecule has 0 aliphatic carbocycles. The number of likely N-dealkylation sites (N-methyl/N-ethyl adjacent to an activating group) is 1. The van der Waals surface area contributed by atoms with Gasteiger partial charge in [0, 0.05) is 47.7 Å². The highest BCUT2D eigenvalue weighted by atomic mass is 16.3. The molecule has 152 valence electrons. The summed E-state index contributed by atoms with van der Waals surface area (Å²) in [5.74, 6) is 0. The van der Waals surface area contributed by atoms with Crippen LogP contribution in [0.4, 0.5) is 5.69 Å². The Morgan fingerprint density at radius 2 is 1.77 bits per heavy atom. The number of furan rings is 1. The van der Waals surface area contributed by atoms with E-state index in [4.69, 9.17) is 4.42 Å². The van der Waals surface area contributed by atoms with Gasteiger partial charge in [0.2, 0.25) is 5.69 Å². The molecule has 0 saturated carbocycles. The number of rotatable bonds is 2. The van der Waals surface area contributed by atoms with E-state index in [1.165, 1.54) is 33.2 Å². The topological polar surface area (TPSA) is 20.3 Å². The molecule has 0 fully saturated rings. The second-order valence-corrected chi connectivity index (χ2v) is 8.63. The van der Waals surface area contributed by atoms with Gasteiger partial charge in [0.25, 0.3) is 0 Å².